The highest BCUT2D eigenvalue weighted by atomic mass is 15.0. The maximum atomic E-state index is 2.48. The van der Waals surface area contributed by atoms with Crippen molar-refractivity contribution in [2.24, 2.45) is 0 Å². The van der Waals surface area contributed by atoms with E-state index in [1.165, 1.54) is 127 Å². The van der Waals surface area contributed by atoms with Crippen LogP contribution in [0.15, 0.2) is 273 Å². The molecule has 13 aromatic rings. The van der Waals surface area contributed by atoms with Gasteiger partial charge >= 0.3 is 0 Å². The van der Waals surface area contributed by atoms with Crippen LogP contribution in [0.2, 0.25) is 0 Å². The van der Waals surface area contributed by atoms with E-state index in [9.17, 15) is 0 Å². The van der Waals surface area contributed by atoms with Gasteiger partial charge in [-0.15, -0.1) is 0 Å². The van der Waals surface area contributed by atoms with Crippen molar-refractivity contribution in [3.63, 3.8) is 0 Å². The lowest BCUT2D eigenvalue weighted by Crippen LogP contribution is -1.96. The fourth-order valence-electron chi connectivity index (χ4n) is 10.5. The Balaban J connectivity index is 0.916. The molecule has 1 heteroatoms. The minimum Gasteiger partial charge on any atom is -0.309 e. The van der Waals surface area contributed by atoms with Gasteiger partial charge in [0.15, 0.2) is 0 Å². The van der Waals surface area contributed by atoms with Gasteiger partial charge in [-0.1, -0.05) is 243 Å². The van der Waals surface area contributed by atoms with E-state index >= 15 is 0 Å². The van der Waals surface area contributed by atoms with Gasteiger partial charge in [-0.3, -0.25) is 0 Å². The van der Waals surface area contributed by atoms with Crippen LogP contribution < -0.4 is 0 Å². The Bertz CT molecular complexity index is 3810. The van der Waals surface area contributed by atoms with E-state index in [0.717, 1.165) is 0 Å². The highest BCUT2D eigenvalue weighted by molar-refractivity contribution is 6.14. The van der Waals surface area contributed by atoms with E-state index < -0.39 is 0 Å². The minimum absolute atomic E-state index is 1.17. The Morgan fingerprint density at radius 1 is 0.188 bits per heavy atom. The molecule has 0 saturated carbocycles. The molecular weight excluding hydrogens is 831 g/mol. The SMILES string of the molecule is c1ccc(-c2ccc(-c3ccc(-c4ccc5c(c4)c4cc(-c6ccc(-c7ccc(-c8ccccc8)cc7)cc6)ccc4n5-c4ccc(-c5cccc6ccccc56)c5ccccc45)cc3)cc2)cc1. The number of fused-ring (bicyclic) bond motifs is 5. The molecule has 0 aliphatic carbocycles. The molecule has 0 atom stereocenters. The van der Waals surface area contributed by atoms with E-state index in [0.29, 0.717) is 0 Å². The minimum atomic E-state index is 1.17. The van der Waals surface area contributed by atoms with Crippen molar-refractivity contribution in [2.75, 3.05) is 0 Å². The first-order valence-corrected chi connectivity index (χ1v) is 23.8. The molecule has 0 spiro atoms. The standard InChI is InChI=1S/C68H45N/c1-3-12-46(13-4-1)48-22-26-50(27-23-48)52-30-34-54(35-31-52)57-38-41-67-64(44-57)65-45-58(55-36-32-53(33-37-55)51-28-24-49(25-29-51)47-14-5-2-6-15-47)39-42-68(65)69(67)66-43-40-62(61-19-9-10-20-63(61)66)60-21-11-17-56-16-7-8-18-59(56)60/h1-45H. The van der Waals surface area contributed by atoms with Gasteiger partial charge in [0, 0.05) is 16.2 Å². The number of nitrogens with zero attached hydrogens (tertiary/aromatic N) is 1. The average molecular weight is 876 g/mol. The first kappa shape index (κ1) is 40.3. The second-order valence-electron chi connectivity index (χ2n) is 18.0. The molecular formula is C68H45N. The zero-order valence-corrected chi connectivity index (χ0v) is 37.9. The molecule has 0 saturated heterocycles. The highest BCUT2D eigenvalue weighted by Crippen LogP contribution is 2.42. The normalized spacial score (nSPS) is 11.5. The summed E-state index contributed by atoms with van der Waals surface area (Å²) >= 11 is 0. The monoisotopic (exact) mass is 875 g/mol. The Morgan fingerprint density at radius 3 is 0.986 bits per heavy atom. The lowest BCUT2D eigenvalue weighted by atomic mass is 9.93. The van der Waals surface area contributed by atoms with E-state index in [2.05, 4.69) is 278 Å². The van der Waals surface area contributed by atoms with Crippen LogP contribution in [0, 0.1) is 0 Å². The van der Waals surface area contributed by atoms with Crippen LogP contribution in [-0.4, -0.2) is 4.57 Å². The topological polar surface area (TPSA) is 4.93 Å². The molecule has 0 aliphatic rings. The molecule has 0 amide bonds. The molecule has 0 radical (unpaired) electrons. The summed E-state index contributed by atoms with van der Waals surface area (Å²) in [6.45, 7) is 0. The van der Waals surface area contributed by atoms with Gasteiger partial charge in [-0.05, 0) is 124 Å². The summed E-state index contributed by atoms with van der Waals surface area (Å²) in [4.78, 5) is 0. The lowest BCUT2D eigenvalue weighted by molar-refractivity contribution is 1.20. The van der Waals surface area contributed by atoms with Crippen molar-refractivity contribution in [1.29, 1.82) is 0 Å². The molecule has 322 valence electrons. The van der Waals surface area contributed by atoms with Crippen molar-refractivity contribution < 1.29 is 0 Å². The van der Waals surface area contributed by atoms with Crippen molar-refractivity contribution in [2.45, 2.75) is 0 Å². The third-order valence-corrected chi connectivity index (χ3v) is 14.1. The molecule has 1 heterocycles. The summed E-state index contributed by atoms with van der Waals surface area (Å²) in [6.07, 6.45) is 0. The molecule has 0 N–H and O–H groups in total. The van der Waals surface area contributed by atoms with Gasteiger partial charge < -0.3 is 4.57 Å². The first-order valence-electron chi connectivity index (χ1n) is 23.8. The van der Waals surface area contributed by atoms with Crippen LogP contribution in [0.3, 0.4) is 0 Å². The fourth-order valence-corrected chi connectivity index (χ4v) is 10.5. The smallest absolute Gasteiger partial charge is 0.0541 e. The number of rotatable bonds is 8. The van der Waals surface area contributed by atoms with Gasteiger partial charge in [0.2, 0.25) is 0 Å². The Labute approximate surface area is 402 Å². The Kier molecular flexibility index (Phi) is 9.91. The average Bonchev–Trinajstić information content (AvgIpc) is 3.76. The van der Waals surface area contributed by atoms with E-state index in [-0.39, 0.29) is 0 Å². The number of hydrogen-bond acceptors (Lipinski definition) is 0. The van der Waals surface area contributed by atoms with Gasteiger partial charge in [-0.2, -0.15) is 0 Å². The third-order valence-electron chi connectivity index (χ3n) is 14.1. The number of benzene rings is 12. The molecule has 1 aromatic heterocycles. The maximum absolute atomic E-state index is 2.48. The predicted octanol–water partition coefficient (Wildman–Crippen LogP) is 18.8. The van der Waals surface area contributed by atoms with E-state index in [1.54, 1.807) is 0 Å². The zero-order valence-electron chi connectivity index (χ0n) is 37.9. The van der Waals surface area contributed by atoms with Crippen molar-refractivity contribution >= 4 is 43.4 Å². The molecule has 0 bridgehead atoms. The predicted molar refractivity (Wildman–Crippen MR) is 294 cm³/mol. The van der Waals surface area contributed by atoms with Crippen LogP contribution in [0.4, 0.5) is 0 Å². The third kappa shape index (κ3) is 7.29. The summed E-state index contributed by atoms with van der Waals surface area (Å²) in [5.41, 5.74) is 20.5. The van der Waals surface area contributed by atoms with Crippen LogP contribution in [-0.2, 0) is 0 Å². The molecule has 12 aromatic carbocycles. The molecule has 0 unspecified atom stereocenters. The lowest BCUT2D eigenvalue weighted by Gasteiger charge is -2.16. The highest BCUT2D eigenvalue weighted by Gasteiger charge is 2.19. The van der Waals surface area contributed by atoms with Crippen molar-refractivity contribution in [3.8, 4) is 83.6 Å². The Hall–Kier alpha value is -9.04. The molecule has 13 rings (SSSR count). The fraction of sp³-hybridized carbons (Fsp3) is 0. The molecule has 1 nitrogen and oxygen atoms in total. The first-order chi connectivity index (χ1) is 34.2. The van der Waals surface area contributed by atoms with Gasteiger partial charge in [0.1, 0.15) is 0 Å². The molecule has 0 fully saturated rings. The second-order valence-corrected chi connectivity index (χ2v) is 18.0. The summed E-state index contributed by atoms with van der Waals surface area (Å²) in [7, 11) is 0. The van der Waals surface area contributed by atoms with E-state index in [4.69, 9.17) is 0 Å². The summed E-state index contributed by atoms with van der Waals surface area (Å²) in [5.74, 6) is 0. The summed E-state index contributed by atoms with van der Waals surface area (Å²) in [5, 5.41) is 7.41. The quantitative estimate of drug-likeness (QED) is 0.143. The molecule has 69 heavy (non-hydrogen) atoms. The largest absolute Gasteiger partial charge is 0.309 e. The van der Waals surface area contributed by atoms with Crippen molar-refractivity contribution in [1.82, 2.24) is 4.57 Å². The summed E-state index contributed by atoms with van der Waals surface area (Å²) < 4.78 is 2.48. The zero-order chi connectivity index (χ0) is 45.7. The van der Waals surface area contributed by atoms with Gasteiger partial charge in [0.25, 0.3) is 0 Å². The molecule has 0 aliphatic heterocycles. The van der Waals surface area contributed by atoms with Crippen molar-refractivity contribution in [3.05, 3.63) is 273 Å². The number of aromatic nitrogens is 1. The van der Waals surface area contributed by atoms with Crippen LogP contribution in [0.5, 0.6) is 0 Å². The van der Waals surface area contributed by atoms with E-state index in [1.807, 2.05) is 0 Å². The Morgan fingerprint density at radius 2 is 0.522 bits per heavy atom. The second kappa shape index (κ2) is 17.0. The van der Waals surface area contributed by atoms with Crippen LogP contribution in [0.1, 0.15) is 0 Å². The number of hydrogen-bond donors (Lipinski definition) is 0. The van der Waals surface area contributed by atoms with Crippen LogP contribution in [0.25, 0.3) is 127 Å². The summed E-state index contributed by atoms with van der Waals surface area (Å²) in [6, 6.07) is 99.9. The van der Waals surface area contributed by atoms with Gasteiger partial charge in [0.05, 0.1) is 16.7 Å². The van der Waals surface area contributed by atoms with Crippen LogP contribution >= 0.6 is 0 Å². The van der Waals surface area contributed by atoms with Gasteiger partial charge in [-0.25, -0.2) is 0 Å². The maximum Gasteiger partial charge on any atom is 0.0541 e.